The first-order valence-corrected chi connectivity index (χ1v) is 8.06. The number of rotatable bonds is 4. The maximum absolute atomic E-state index is 11.4. The van der Waals surface area contributed by atoms with E-state index in [0.29, 0.717) is 30.2 Å². The van der Waals surface area contributed by atoms with Crippen molar-refractivity contribution in [2.45, 2.75) is 18.9 Å². The van der Waals surface area contributed by atoms with Crippen LogP contribution in [0.3, 0.4) is 0 Å². The van der Waals surface area contributed by atoms with Crippen LogP contribution in [0.4, 0.5) is 0 Å². The van der Waals surface area contributed by atoms with Gasteiger partial charge in [0.05, 0.1) is 16.5 Å². The lowest BCUT2D eigenvalue weighted by molar-refractivity contribution is 0.227. The number of para-hydroxylation sites is 1. The molecule has 1 fully saturated rings. The first-order valence-electron chi connectivity index (χ1n) is 5.86. The number of sulfone groups is 1. The van der Waals surface area contributed by atoms with E-state index in [0.717, 1.165) is 5.56 Å². The molecule has 1 aromatic rings. The van der Waals surface area contributed by atoms with Crippen molar-refractivity contribution in [1.82, 2.24) is 0 Å². The minimum Gasteiger partial charge on any atom is -0.487 e. The SMILES string of the molecule is NCCc1cccc(Cl)c1OC1CCS(=O)(=O)C1. The zero-order chi connectivity index (χ0) is 13.2. The van der Waals surface area contributed by atoms with E-state index in [4.69, 9.17) is 22.1 Å². The van der Waals surface area contributed by atoms with E-state index in [1.165, 1.54) is 0 Å². The number of benzene rings is 1. The number of hydrogen-bond acceptors (Lipinski definition) is 4. The van der Waals surface area contributed by atoms with Crippen LogP contribution in [-0.2, 0) is 16.3 Å². The molecule has 6 heteroatoms. The molecule has 2 rings (SSSR count). The summed E-state index contributed by atoms with van der Waals surface area (Å²) >= 11 is 6.10. The van der Waals surface area contributed by atoms with E-state index in [1.807, 2.05) is 12.1 Å². The van der Waals surface area contributed by atoms with Crippen molar-refractivity contribution in [2.24, 2.45) is 5.73 Å². The summed E-state index contributed by atoms with van der Waals surface area (Å²) in [4.78, 5) is 0. The van der Waals surface area contributed by atoms with Gasteiger partial charge < -0.3 is 10.5 Å². The molecule has 0 aromatic heterocycles. The molecule has 1 unspecified atom stereocenters. The third-order valence-corrected chi connectivity index (χ3v) is 4.97. The molecule has 100 valence electrons. The fourth-order valence-corrected chi connectivity index (χ4v) is 3.89. The fourth-order valence-electron chi connectivity index (χ4n) is 2.06. The molecule has 2 N–H and O–H groups in total. The predicted octanol–water partition coefficient (Wildman–Crippen LogP) is 1.41. The van der Waals surface area contributed by atoms with Crippen LogP contribution in [-0.4, -0.2) is 32.6 Å². The van der Waals surface area contributed by atoms with Gasteiger partial charge in [0.2, 0.25) is 0 Å². The maximum Gasteiger partial charge on any atom is 0.154 e. The van der Waals surface area contributed by atoms with Gasteiger partial charge in [-0.05, 0) is 31.0 Å². The van der Waals surface area contributed by atoms with Crippen molar-refractivity contribution in [3.63, 3.8) is 0 Å². The van der Waals surface area contributed by atoms with Crippen LogP contribution in [0.5, 0.6) is 5.75 Å². The van der Waals surface area contributed by atoms with Gasteiger partial charge in [-0.2, -0.15) is 0 Å². The Morgan fingerprint density at radius 2 is 2.22 bits per heavy atom. The van der Waals surface area contributed by atoms with E-state index in [-0.39, 0.29) is 17.6 Å². The number of nitrogens with two attached hydrogens (primary N) is 1. The van der Waals surface area contributed by atoms with Gasteiger partial charge in [0.25, 0.3) is 0 Å². The van der Waals surface area contributed by atoms with Gasteiger partial charge in [-0.3, -0.25) is 0 Å². The van der Waals surface area contributed by atoms with Crippen LogP contribution >= 0.6 is 11.6 Å². The van der Waals surface area contributed by atoms with Crippen molar-refractivity contribution >= 4 is 21.4 Å². The molecule has 0 radical (unpaired) electrons. The monoisotopic (exact) mass is 289 g/mol. The van der Waals surface area contributed by atoms with E-state index in [9.17, 15) is 8.42 Å². The molecule has 1 atom stereocenters. The van der Waals surface area contributed by atoms with Gasteiger partial charge in [-0.1, -0.05) is 23.7 Å². The topological polar surface area (TPSA) is 69.4 Å². The second-order valence-corrected chi connectivity index (χ2v) is 7.05. The highest BCUT2D eigenvalue weighted by Gasteiger charge is 2.30. The molecule has 1 heterocycles. The van der Waals surface area contributed by atoms with Crippen LogP contribution in [0.15, 0.2) is 18.2 Å². The van der Waals surface area contributed by atoms with E-state index in [2.05, 4.69) is 0 Å². The van der Waals surface area contributed by atoms with Crippen molar-refractivity contribution in [3.8, 4) is 5.75 Å². The fraction of sp³-hybridized carbons (Fsp3) is 0.500. The Labute approximate surface area is 112 Å². The van der Waals surface area contributed by atoms with Crippen molar-refractivity contribution in [1.29, 1.82) is 0 Å². The highest BCUT2D eigenvalue weighted by Crippen LogP contribution is 2.31. The van der Waals surface area contributed by atoms with Crippen LogP contribution in [0.25, 0.3) is 0 Å². The van der Waals surface area contributed by atoms with Gasteiger partial charge in [0.1, 0.15) is 11.9 Å². The maximum atomic E-state index is 11.4. The first-order chi connectivity index (χ1) is 8.52. The second-order valence-electron chi connectivity index (χ2n) is 4.41. The van der Waals surface area contributed by atoms with Crippen LogP contribution in [0.2, 0.25) is 5.02 Å². The summed E-state index contributed by atoms with van der Waals surface area (Å²) in [6.45, 7) is 0.500. The Bertz CT molecular complexity index is 530. The molecule has 0 spiro atoms. The van der Waals surface area contributed by atoms with Crippen molar-refractivity contribution < 1.29 is 13.2 Å². The minimum absolute atomic E-state index is 0.0697. The Hall–Kier alpha value is -0.780. The van der Waals surface area contributed by atoms with E-state index < -0.39 is 9.84 Å². The summed E-state index contributed by atoms with van der Waals surface area (Å²) in [6.07, 6.45) is 0.886. The molecule has 0 aliphatic carbocycles. The molecule has 18 heavy (non-hydrogen) atoms. The number of hydrogen-bond donors (Lipinski definition) is 1. The van der Waals surface area contributed by atoms with E-state index >= 15 is 0 Å². The summed E-state index contributed by atoms with van der Waals surface area (Å²) in [5.41, 5.74) is 6.46. The molecule has 0 bridgehead atoms. The van der Waals surface area contributed by atoms with Gasteiger partial charge in [0, 0.05) is 0 Å². The van der Waals surface area contributed by atoms with Crippen LogP contribution in [0, 0.1) is 0 Å². The number of halogens is 1. The number of ether oxygens (including phenoxy) is 1. The van der Waals surface area contributed by atoms with Crippen molar-refractivity contribution in [3.05, 3.63) is 28.8 Å². The Balaban J connectivity index is 2.18. The molecular weight excluding hydrogens is 274 g/mol. The molecule has 0 saturated carbocycles. The Morgan fingerprint density at radius 3 is 2.83 bits per heavy atom. The normalized spacial score (nSPS) is 22.0. The molecular formula is C12H16ClNO3S. The minimum atomic E-state index is -2.95. The largest absolute Gasteiger partial charge is 0.487 e. The summed E-state index contributed by atoms with van der Waals surface area (Å²) in [5.74, 6) is 0.834. The van der Waals surface area contributed by atoms with E-state index in [1.54, 1.807) is 6.07 Å². The summed E-state index contributed by atoms with van der Waals surface area (Å²) in [6, 6.07) is 5.48. The van der Waals surface area contributed by atoms with Gasteiger partial charge >= 0.3 is 0 Å². The van der Waals surface area contributed by atoms with Gasteiger partial charge in [0.15, 0.2) is 9.84 Å². The highest BCUT2D eigenvalue weighted by molar-refractivity contribution is 7.91. The molecule has 1 saturated heterocycles. The summed E-state index contributed by atoms with van der Waals surface area (Å²) in [7, 11) is -2.95. The average molecular weight is 290 g/mol. The standard InChI is InChI=1S/C12H16ClNO3S/c13-11-3-1-2-9(4-6-14)12(11)17-10-5-7-18(15,16)8-10/h1-3,10H,4-8,14H2. The van der Waals surface area contributed by atoms with Crippen molar-refractivity contribution in [2.75, 3.05) is 18.1 Å². The molecule has 4 nitrogen and oxygen atoms in total. The zero-order valence-corrected chi connectivity index (χ0v) is 11.5. The average Bonchev–Trinajstić information content (AvgIpc) is 2.63. The molecule has 1 aliphatic rings. The summed E-state index contributed by atoms with van der Waals surface area (Å²) in [5, 5.41) is 0.505. The Morgan fingerprint density at radius 1 is 1.44 bits per heavy atom. The predicted molar refractivity (Wildman–Crippen MR) is 71.9 cm³/mol. The lowest BCUT2D eigenvalue weighted by Crippen LogP contribution is -2.19. The lowest BCUT2D eigenvalue weighted by Gasteiger charge is -2.16. The Kier molecular flexibility index (Phi) is 4.14. The first kappa shape index (κ1) is 13.6. The third-order valence-electron chi connectivity index (χ3n) is 2.94. The second kappa shape index (κ2) is 5.47. The lowest BCUT2D eigenvalue weighted by atomic mass is 10.1. The quantitative estimate of drug-likeness (QED) is 0.910. The smallest absolute Gasteiger partial charge is 0.154 e. The molecule has 1 aromatic carbocycles. The molecule has 0 amide bonds. The van der Waals surface area contributed by atoms with Crippen LogP contribution < -0.4 is 10.5 Å². The highest BCUT2D eigenvalue weighted by atomic mass is 35.5. The summed E-state index contributed by atoms with van der Waals surface area (Å²) < 4.78 is 28.5. The molecule has 1 aliphatic heterocycles. The van der Waals surface area contributed by atoms with Crippen LogP contribution in [0.1, 0.15) is 12.0 Å². The van der Waals surface area contributed by atoms with Gasteiger partial charge in [-0.15, -0.1) is 0 Å². The van der Waals surface area contributed by atoms with Gasteiger partial charge in [-0.25, -0.2) is 8.42 Å². The third kappa shape index (κ3) is 3.16. The zero-order valence-electron chi connectivity index (χ0n) is 9.93.